The number of sulfonamides is 1. The van der Waals surface area contributed by atoms with Crippen LogP contribution in [0.2, 0.25) is 0 Å². The first-order valence-electron chi connectivity index (χ1n) is 9.47. The first-order chi connectivity index (χ1) is 14.4. The summed E-state index contributed by atoms with van der Waals surface area (Å²) in [6, 6.07) is 21.5. The summed E-state index contributed by atoms with van der Waals surface area (Å²) >= 11 is 3.48. The lowest BCUT2D eigenvalue weighted by molar-refractivity contribution is 0.350. The molecule has 0 saturated carbocycles. The topological polar surface area (TPSA) is 59.0 Å². The van der Waals surface area contributed by atoms with Crippen molar-refractivity contribution in [1.82, 2.24) is 4.41 Å². The molecule has 1 aliphatic rings. The fraction of sp³-hybridized carbons (Fsp3) is 0.174. The second-order valence-electron chi connectivity index (χ2n) is 7.11. The van der Waals surface area contributed by atoms with E-state index < -0.39 is 16.1 Å². The summed E-state index contributed by atoms with van der Waals surface area (Å²) in [5.74, 6) is 0.636. The predicted molar refractivity (Wildman–Crippen MR) is 121 cm³/mol. The number of aryl methyl sites for hydroxylation is 1. The highest BCUT2D eigenvalue weighted by atomic mass is 79.9. The van der Waals surface area contributed by atoms with E-state index in [1.165, 1.54) is 4.41 Å². The Kier molecular flexibility index (Phi) is 5.66. The molecule has 1 atom stereocenters. The highest BCUT2D eigenvalue weighted by molar-refractivity contribution is 9.10. The van der Waals surface area contributed by atoms with E-state index >= 15 is 0 Å². The van der Waals surface area contributed by atoms with Crippen LogP contribution < -0.4 is 4.74 Å². The summed E-state index contributed by atoms with van der Waals surface area (Å²) < 4.78 is 34.7. The van der Waals surface area contributed by atoms with E-state index in [1.54, 1.807) is 31.4 Å². The van der Waals surface area contributed by atoms with Gasteiger partial charge in [0.15, 0.2) is 0 Å². The van der Waals surface area contributed by atoms with Gasteiger partial charge >= 0.3 is 0 Å². The second kappa shape index (κ2) is 8.24. The van der Waals surface area contributed by atoms with Crippen molar-refractivity contribution in [3.05, 3.63) is 94.0 Å². The van der Waals surface area contributed by atoms with Crippen LogP contribution in [0.3, 0.4) is 0 Å². The molecule has 0 amide bonds. The van der Waals surface area contributed by atoms with Crippen molar-refractivity contribution in [3.63, 3.8) is 0 Å². The fourth-order valence-electron chi connectivity index (χ4n) is 3.54. The van der Waals surface area contributed by atoms with Crippen LogP contribution in [0.25, 0.3) is 0 Å². The summed E-state index contributed by atoms with van der Waals surface area (Å²) in [6.45, 7) is 1.92. The van der Waals surface area contributed by atoms with Crippen LogP contribution in [-0.2, 0) is 10.0 Å². The molecule has 0 N–H and O–H groups in total. The number of methoxy groups -OCH3 is 1. The summed E-state index contributed by atoms with van der Waals surface area (Å²) in [5, 5.41) is 4.59. The quantitative estimate of drug-likeness (QED) is 0.493. The molecular formula is C23H21BrN2O3S. The van der Waals surface area contributed by atoms with Gasteiger partial charge in [-0.1, -0.05) is 64.0 Å². The SMILES string of the molecule is COc1ccccc1C1CC(c2cccc(Br)c2)=NN1S(=O)(=O)c1ccc(C)cc1. The van der Waals surface area contributed by atoms with Crippen LogP contribution in [0.1, 0.15) is 29.2 Å². The average Bonchev–Trinajstić information content (AvgIpc) is 3.20. The molecule has 1 aliphatic heterocycles. The lowest BCUT2D eigenvalue weighted by Crippen LogP contribution is -2.27. The molecule has 0 spiro atoms. The minimum absolute atomic E-state index is 0.215. The third-order valence-electron chi connectivity index (χ3n) is 5.09. The Balaban J connectivity index is 1.84. The Labute approximate surface area is 185 Å². The lowest BCUT2D eigenvalue weighted by Gasteiger charge is -2.24. The summed E-state index contributed by atoms with van der Waals surface area (Å²) in [4.78, 5) is 0.215. The van der Waals surface area contributed by atoms with Gasteiger partial charge in [-0.25, -0.2) is 0 Å². The Hall–Kier alpha value is -2.64. The standard InChI is InChI=1S/C23H21BrN2O3S/c1-16-10-12-19(13-11-16)30(27,28)26-22(20-8-3-4-9-23(20)29-2)15-21(25-26)17-6-5-7-18(24)14-17/h3-14,22H,15H2,1-2H3. The molecule has 0 aliphatic carbocycles. The van der Waals surface area contributed by atoms with Crippen molar-refractivity contribution in [2.24, 2.45) is 5.10 Å². The van der Waals surface area contributed by atoms with Crippen molar-refractivity contribution in [1.29, 1.82) is 0 Å². The number of hydrazone groups is 1. The summed E-state index contributed by atoms with van der Waals surface area (Å²) in [7, 11) is -2.26. The molecule has 1 unspecified atom stereocenters. The zero-order chi connectivity index (χ0) is 21.3. The maximum absolute atomic E-state index is 13.5. The number of hydrogen-bond donors (Lipinski definition) is 0. The normalized spacial score (nSPS) is 16.4. The van der Waals surface area contributed by atoms with Crippen molar-refractivity contribution in [3.8, 4) is 5.75 Å². The lowest BCUT2D eigenvalue weighted by atomic mass is 9.98. The Morgan fingerprint density at radius 3 is 2.47 bits per heavy atom. The number of rotatable bonds is 5. The number of benzene rings is 3. The van der Waals surface area contributed by atoms with Gasteiger partial charge in [0.1, 0.15) is 5.75 Å². The molecule has 30 heavy (non-hydrogen) atoms. The monoisotopic (exact) mass is 484 g/mol. The molecule has 1 heterocycles. The second-order valence-corrected chi connectivity index (χ2v) is 9.82. The van der Waals surface area contributed by atoms with Gasteiger partial charge in [-0.15, -0.1) is 0 Å². The average molecular weight is 485 g/mol. The molecule has 0 fully saturated rings. The Morgan fingerprint density at radius 1 is 1.03 bits per heavy atom. The van der Waals surface area contributed by atoms with Crippen molar-refractivity contribution in [2.45, 2.75) is 24.3 Å². The van der Waals surface area contributed by atoms with Crippen LogP contribution in [0, 0.1) is 6.92 Å². The van der Waals surface area contributed by atoms with Crippen LogP contribution in [0.15, 0.2) is 87.3 Å². The van der Waals surface area contributed by atoms with Crippen molar-refractivity contribution < 1.29 is 13.2 Å². The molecule has 0 bridgehead atoms. The van der Waals surface area contributed by atoms with E-state index in [-0.39, 0.29) is 4.90 Å². The predicted octanol–water partition coefficient (Wildman–Crippen LogP) is 5.31. The van der Waals surface area contributed by atoms with E-state index in [0.717, 1.165) is 21.2 Å². The molecule has 7 heteroatoms. The van der Waals surface area contributed by atoms with Crippen LogP contribution >= 0.6 is 15.9 Å². The molecule has 0 saturated heterocycles. The van der Waals surface area contributed by atoms with Gasteiger partial charge in [0.2, 0.25) is 0 Å². The highest BCUT2D eigenvalue weighted by Gasteiger charge is 2.39. The number of halogens is 1. The van der Waals surface area contributed by atoms with Crippen LogP contribution in [0.4, 0.5) is 0 Å². The maximum Gasteiger partial charge on any atom is 0.279 e. The molecule has 5 nitrogen and oxygen atoms in total. The molecule has 3 aromatic rings. The van der Waals surface area contributed by atoms with Gasteiger partial charge < -0.3 is 4.74 Å². The van der Waals surface area contributed by atoms with Crippen molar-refractivity contribution >= 4 is 31.7 Å². The third kappa shape index (κ3) is 3.87. The van der Waals surface area contributed by atoms with Crippen LogP contribution in [0.5, 0.6) is 5.75 Å². The fourth-order valence-corrected chi connectivity index (χ4v) is 5.37. The van der Waals surface area contributed by atoms with Crippen molar-refractivity contribution in [2.75, 3.05) is 7.11 Å². The van der Waals surface area contributed by atoms with E-state index in [4.69, 9.17) is 4.74 Å². The minimum Gasteiger partial charge on any atom is -0.496 e. The van der Waals surface area contributed by atoms with E-state index in [2.05, 4.69) is 21.0 Å². The molecule has 0 radical (unpaired) electrons. The zero-order valence-corrected chi connectivity index (χ0v) is 19.0. The zero-order valence-electron chi connectivity index (χ0n) is 16.6. The number of ether oxygens (including phenoxy) is 1. The molecule has 154 valence electrons. The smallest absolute Gasteiger partial charge is 0.279 e. The minimum atomic E-state index is -3.85. The molecule has 0 aromatic heterocycles. The van der Waals surface area contributed by atoms with E-state index in [0.29, 0.717) is 17.9 Å². The summed E-state index contributed by atoms with van der Waals surface area (Å²) in [6.07, 6.45) is 0.446. The van der Waals surface area contributed by atoms with Gasteiger partial charge in [0.05, 0.1) is 23.8 Å². The highest BCUT2D eigenvalue weighted by Crippen LogP contribution is 2.40. The molecule has 4 rings (SSSR count). The molecular weight excluding hydrogens is 464 g/mol. The van der Waals surface area contributed by atoms with Crippen LogP contribution in [-0.4, -0.2) is 25.7 Å². The maximum atomic E-state index is 13.5. The van der Waals surface area contributed by atoms with Gasteiger partial charge in [-0.05, 0) is 42.8 Å². The number of hydrogen-bond acceptors (Lipinski definition) is 4. The van der Waals surface area contributed by atoms with E-state index in [1.807, 2.05) is 55.5 Å². The Morgan fingerprint density at radius 2 is 1.77 bits per heavy atom. The van der Waals surface area contributed by atoms with Gasteiger partial charge in [0, 0.05) is 16.5 Å². The number of nitrogens with zero attached hydrogens (tertiary/aromatic N) is 2. The largest absolute Gasteiger partial charge is 0.496 e. The van der Waals surface area contributed by atoms with E-state index in [9.17, 15) is 8.42 Å². The first kappa shape index (κ1) is 20.6. The van der Waals surface area contributed by atoms with Gasteiger partial charge in [-0.3, -0.25) is 0 Å². The third-order valence-corrected chi connectivity index (χ3v) is 7.28. The molecule has 3 aromatic carbocycles. The number of para-hydroxylation sites is 1. The van der Waals surface area contributed by atoms with Gasteiger partial charge in [-0.2, -0.15) is 17.9 Å². The first-order valence-corrected chi connectivity index (χ1v) is 11.7. The summed E-state index contributed by atoms with van der Waals surface area (Å²) in [5.41, 5.74) is 3.37. The van der Waals surface area contributed by atoms with Gasteiger partial charge in [0.25, 0.3) is 10.0 Å². The Bertz CT molecular complexity index is 1210.